The molecule has 0 aliphatic carbocycles. The molecule has 0 unspecified atom stereocenters. The van der Waals surface area contributed by atoms with Crippen molar-refractivity contribution in [2.75, 3.05) is 6.61 Å². The predicted octanol–water partition coefficient (Wildman–Crippen LogP) is 5.37. The number of nitrogens with one attached hydrogen (secondary N) is 1. The fourth-order valence-electron chi connectivity index (χ4n) is 3.98. The molecule has 0 spiro atoms. The number of carbonyl (C=O) groups excluding carboxylic acids is 1. The number of hydrogen-bond acceptors (Lipinski definition) is 3. The molecule has 4 nitrogen and oxygen atoms in total. The molecule has 3 rings (SSSR count). The monoisotopic (exact) mass is 416 g/mol. The van der Waals surface area contributed by atoms with Crippen LogP contribution in [-0.2, 0) is 15.1 Å². The Hall–Kier alpha value is -2.98. The van der Waals surface area contributed by atoms with Gasteiger partial charge in [0.2, 0.25) is 5.91 Å². The Balaban J connectivity index is 1.91. The van der Waals surface area contributed by atoms with Crippen LogP contribution in [0.1, 0.15) is 48.1 Å². The van der Waals surface area contributed by atoms with E-state index in [1.807, 2.05) is 36.4 Å². The molecular weight excluding hydrogens is 384 g/mol. The van der Waals surface area contributed by atoms with Gasteiger partial charge in [-0.25, -0.2) is 0 Å². The number of aryl methyl sites for hydroxylation is 2. The summed E-state index contributed by atoms with van der Waals surface area (Å²) >= 11 is 0. The molecule has 0 saturated carbocycles. The standard InChI is InChI=1S/C27H32N2O2/c1-6-26(14-13-25(30)29-26)18-28-27(7-2,24-11-9-8-10-12-24)19-31-22(5)23-16-20(3)15-21(4)17-23/h6-12,15-18,22H,1-2,13-14,19H2,3-5H3,(H,29,30)/t22-,26+,27-/m1/s1. The van der Waals surface area contributed by atoms with E-state index in [0.29, 0.717) is 19.4 Å². The molecule has 1 heterocycles. The van der Waals surface area contributed by atoms with Crippen LogP contribution in [-0.4, -0.2) is 24.3 Å². The second-order valence-corrected chi connectivity index (χ2v) is 8.42. The Morgan fingerprint density at radius 2 is 1.87 bits per heavy atom. The van der Waals surface area contributed by atoms with Gasteiger partial charge >= 0.3 is 0 Å². The molecule has 1 aliphatic heterocycles. The zero-order chi connectivity index (χ0) is 22.5. The van der Waals surface area contributed by atoms with Crippen LogP contribution in [0.25, 0.3) is 0 Å². The highest BCUT2D eigenvalue weighted by atomic mass is 16.5. The van der Waals surface area contributed by atoms with Crippen molar-refractivity contribution in [1.82, 2.24) is 5.32 Å². The molecule has 1 amide bonds. The summed E-state index contributed by atoms with van der Waals surface area (Å²) in [6.45, 7) is 14.6. The van der Waals surface area contributed by atoms with E-state index >= 15 is 0 Å². The SMILES string of the molecule is C=C[C@@]1(C=N[C@](C=C)(CO[C@H](C)c2cc(C)cc(C)c2)c2ccccc2)CCC(=O)N1. The number of amides is 1. The third-order valence-electron chi connectivity index (χ3n) is 5.91. The van der Waals surface area contributed by atoms with Gasteiger partial charge in [-0.15, -0.1) is 13.2 Å². The summed E-state index contributed by atoms with van der Waals surface area (Å²) in [5.74, 6) is 0.00922. The Morgan fingerprint density at radius 3 is 2.42 bits per heavy atom. The number of rotatable bonds is 9. The molecule has 1 saturated heterocycles. The lowest BCUT2D eigenvalue weighted by atomic mass is 9.90. The molecule has 31 heavy (non-hydrogen) atoms. The molecule has 4 heteroatoms. The predicted molar refractivity (Wildman–Crippen MR) is 127 cm³/mol. The van der Waals surface area contributed by atoms with Crippen LogP contribution in [0.15, 0.2) is 78.8 Å². The number of ether oxygens (including phenoxy) is 1. The Kier molecular flexibility index (Phi) is 6.91. The van der Waals surface area contributed by atoms with E-state index in [-0.39, 0.29) is 12.0 Å². The molecule has 2 aromatic rings. The highest BCUT2D eigenvalue weighted by Gasteiger charge is 2.36. The molecule has 0 aromatic heterocycles. The topological polar surface area (TPSA) is 50.7 Å². The molecule has 0 bridgehead atoms. The maximum Gasteiger partial charge on any atom is 0.221 e. The largest absolute Gasteiger partial charge is 0.371 e. The number of benzene rings is 2. The van der Waals surface area contributed by atoms with Gasteiger partial charge < -0.3 is 10.1 Å². The van der Waals surface area contributed by atoms with E-state index < -0.39 is 11.1 Å². The van der Waals surface area contributed by atoms with Gasteiger partial charge in [-0.1, -0.05) is 71.8 Å². The van der Waals surface area contributed by atoms with Crippen molar-refractivity contribution in [2.45, 2.75) is 50.8 Å². The number of hydrogen-bond donors (Lipinski definition) is 1. The third-order valence-corrected chi connectivity index (χ3v) is 5.91. The summed E-state index contributed by atoms with van der Waals surface area (Å²) in [4.78, 5) is 16.8. The van der Waals surface area contributed by atoms with Crippen LogP contribution in [0.2, 0.25) is 0 Å². The van der Waals surface area contributed by atoms with Crippen molar-refractivity contribution < 1.29 is 9.53 Å². The Bertz CT molecular complexity index is 962. The summed E-state index contributed by atoms with van der Waals surface area (Å²) in [5.41, 5.74) is 3.13. The van der Waals surface area contributed by atoms with Crippen molar-refractivity contribution in [2.24, 2.45) is 4.99 Å². The molecule has 0 radical (unpaired) electrons. The highest BCUT2D eigenvalue weighted by molar-refractivity contribution is 5.89. The van der Waals surface area contributed by atoms with E-state index in [9.17, 15) is 4.79 Å². The zero-order valence-electron chi connectivity index (χ0n) is 18.7. The first-order valence-electron chi connectivity index (χ1n) is 10.7. The molecule has 1 fully saturated rings. The van der Waals surface area contributed by atoms with Gasteiger partial charge in [0.15, 0.2) is 0 Å². The van der Waals surface area contributed by atoms with Crippen LogP contribution in [0.4, 0.5) is 0 Å². The summed E-state index contributed by atoms with van der Waals surface area (Å²) in [6, 6.07) is 16.5. The molecule has 3 atom stereocenters. The lowest BCUT2D eigenvalue weighted by molar-refractivity contribution is -0.119. The van der Waals surface area contributed by atoms with E-state index in [1.165, 1.54) is 11.1 Å². The van der Waals surface area contributed by atoms with Crippen LogP contribution < -0.4 is 5.32 Å². The van der Waals surface area contributed by atoms with E-state index in [1.54, 1.807) is 12.3 Å². The maximum atomic E-state index is 11.8. The van der Waals surface area contributed by atoms with Crippen LogP contribution in [0.3, 0.4) is 0 Å². The number of aliphatic imine (C=N–C) groups is 1. The highest BCUT2D eigenvalue weighted by Crippen LogP contribution is 2.32. The normalized spacial score (nSPS) is 21.5. The smallest absolute Gasteiger partial charge is 0.221 e. The van der Waals surface area contributed by atoms with Gasteiger partial charge in [0.25, 0.3) is 0 Å². The van der Waals surface area contributed by atoms with Crippen molar-refractivity contribution in [3.05, 3.63) is 96.1 Å². The fraction of sp³-hybridized carbons (Fsp3) is 0.333. The minimum absolute atomic E-state index is 0.00922. The van der Waals surface area contributed by atoms with Gasteiger partial charge in [-0.05, 0) is 38.3 Å². The Labute approximate surface area is 185 Å². The molecular formula is C27H32N2O2. The fourth-order valence-corrected chi connectivity index (χ4v) is 3.98. The van der Waals surface area contributed by atoms with Crippen LogP contribution in [0.5, 0.6) is 0 Å². The summed E-state index contributed by atoms with van der Waals surface area (Å²) in [5, 5.41) is 2.99. The van der Waals surface area contributed by atoms with E-state index in [2.05, 4.69) is 57.4 Å². The molecule has 2 aromatic carbocycles. The minimum atomic E-state index is -0.780. The van der Waals surface area contributed by atoms with Gasteiger partial charge in [0.1, 0.15) is 5.54 Å². The van der Waals surface area contributed by atoms with Crippen molar-refractivity contribution >= 4 is 12.1 Å². The van der Waals surface area contributed by atoms with E-state index in [4.69, 9.17) is 9.73 Å². The number of nitrogens with zero attached hydrogens (tertiary/aromatic N) is 1. The Morgan fingerprint density at radius 1 is 1.19 bits per heavy atom. The van der Waals surface area contributed by atoms with E-state index in [0.717, 1.165) is 11.1 Å². The first-order valence-corrected chi connectivity index (χ1v) is 10.7. The average molecular weight is 417 g/mol. The molecule has 1 N–H and O–H groups in total. The summed E-state index contributed by atoms with van der Waals surface area (Å²) in [6.07, 6.45) is 6.37. The summed E-state index contributed by atoms with van der Waals surface area (Å²) in [7, 11) is 0. The lowest BCUT2D eigenvalue weighted by Gasteiger charge is -2.30. The van der Waals surface area contributed by atoms with Gasteiger partial charge in [0.05, 0.1) is 18.2 Å². The quantitative estimate of drug-likeness (QED) is 0.441. The third kappa shape index (κ3) is 5.20. The molecule has 162 valence electrons. The number of carbonyl (C=O) groups is 1. The first-order chi connectivity index (χ1) is 14.8. The molecule has 1 aliphatic rings. The van der Waals surface area contributed by atoms with Gasteiger partial charge in [-0.3, -0.25) is 9.79 Å². The van der Waals surface area contributed by atoms with Crippen molar-refractivity contribution in [3.63, 3.8) is 0 Å². The average Bonchev–Trinajstić information content (AvgIpc) is 3.15. The van der Waals surface area contributed by atoms with Crippen LogP contribution >= 0.6 is 0 Å². The zero-order valence-corrected chi connectivity index (χ0v) is 18.7. The second kappa shape index (κ2) is 9.44. The van der Waals surface area contributed by atoms with Gasteiger partial charge in [-0.2, -0.15) is 0 Å². The van der Waals surface area contributed by atoms with Gasteiger partial charge in [0, 0.05) is 12.6 Å². The second-order valence-electron chi connectivity index (χ2n) is 8.42. The van der Waals surface area contributed by atoms with Crippen molar-refractivity contribution in [1.29, 1.82) is 0 Å². The van der Waals surface area contributed by atoms with Crippen LogP contribution in [0, 0.1) is 13.8 Å². The summed E-state index contributed by atoms with van der Waals surface area (Å²) < 4.78 is 6.35. The maximum absolute atomic E-state index is 11.8. The van der Waals surface area contributed by atoms with Crippen molar-refractivity contribution in [3.8, 4) is 0 Å². The first kappa shape index (κ1) is 22.7. The lowest BCUT2D eigenvalue weighted by Crippen LogP contribution is -2.42. The minimum Gasteiger partial charge on any atom is -0.371 e.